The van der Waals surface area contributed by atoms with Crippen molar-refractivity contribution in [2.45, 2.75) is 45.7 Å². The number of likely N-dealkylation sites (tertiary alicyclic amines) is 1. The molecular weight excluding hydrogens is 226 g/mol. The van der Waals surface area contributed by atoms with E-state index in [0.29, 0.717) is 12.5 Å². The summed E-state index contributed by atoms with van der Waals surface area (Å²) in [7, 11) is 0. The summed E-state index contributed by atoms with van der Waals surface area (Å²) in [5.74, 6) is 0.855. The first-order valence-corrected chi connectivity index (χ1v) is 7.46. The van der Waals surface area contributed by atoms with Crippen molar-refractivity contribution >= 4 is 5.91 Å². The zero-order valence-corrected chi connectivity index (χ0v) is 11.8. The van der Waals surface area contributed by atoms with E-state index in [0.717, 1.165) is 25.9 Å². The zero-order valence-electron chi connectivity index (χ0n) is 11.8. The summed E-state index contributed by atoms with van der Waals surface area (Å²) in [6, 6.07) is 0. The Morgan fingerprint density at radius 2 is 2.06 bits per heavy atom. The highest BCUT2D eigenvalue weighted by Gasteiger charge is 2.30. The molecule has 0 aromatic carbocycles. The van der Waals surface area contributed by atoms with Crippen molar-refractivity contribution < 1.29 is 4.79 Å². The van der Waals surface area contributed by atoms with E-state index in [2.05, 4.69) is 29.0 Å². The molecule has 2 saturated heterocycles. The summed E-state index contributed by atoms with van der Waals surface area (Å²) in [5.41, 5.74) is 0. The van der Waals surface area contributed by atoms with Crippen LogP contribution in [-0.4, -0.2) is 54.6 Å². The smallest absolute Gasteiger partial charge is 0.237 e. The zero-order chi connectivity index (χ0) is 13.0. The van der Waals surface area contributed by atoms with Gasteiger partial charge < -0.3 is 9.80 Å². The van der Waals surface area contributed by atoms with Crippen molar-refractivity contribution in [3.63, 3.8) is 0 Å². The number of hydrogen-bond acceptors (Lipinski definition) is 3. The van der Waals surface area contributed by atoms with E-state index < -0.39 is 0 Å². The maximum absolute atomic E-state index is 11.9. The summed E-state index contributed by atoms with van der Waals surface area (Å²) < 4.78 is 0. The Labute approximate surface area is 111 Å². The lowest BCUT2D eigenvalue weighted by molar-refractivity contribution is -0.128. The minimum atomic E-state index is 0.279. The molecule has 0 bridgehead atoms. The van der Waals surface area contributed by atoms with Gasteiger partial charge in [0.2, 0.25) is 5.91 Å². The van der Waals surface area contributed by atoms with Gasteiger partial charge in [-0.25, -0.2) is 0 Å². The van der Waals surface area contributed by atoms with Crippen molar-refractivity contribution in [3.8, 4) is 0 Å². The summed E-state index contributed by atoms with van der Waals surface area (Å²) >= 11 is 0. The van der Waals surface area contributed by atoms with Crippen LogP contribution in [0.4, 0.5) is 0 Å². The molecule has 2 aliphatic rings. The number of carbonyl (C=O) groups is 1. The predicted molar refractivity (Wildman–Crippen MR) is 73.2 cm³/mol. The summed E-state index contributed by atoms with van der Waals surface area (Å²) in [5, 5.41) is 3.32. The maximum atomic E-state index is 11.9. The molecule has 2 rings (SSSR count). The van der Waals surface area contributed by atoms with Crippen LogP contribution < -0.4 is 5.32 Å². The van der Waals surface area contributed by atoms with Crippen LogP contribution in [0.1, 0.15) is 39.5 Å². The third kappa shape index (κ3) is 3.45. The average Bonchev–Trinajstić information content (AvgIpc) is 2.94. The van der Waals surface area contributed by atoms with Gasteiger partial charge in [-0.3, -0.25) is 10.1 Å². The van der Waals surface area contributed by atoms with Gasteiger partial charge in [-0.1, -0.05) is 20.3 Å². The van der Waals surface area contributed by atoms with Gasteiger partial charge in [-0.2, -0.15) is 0 Å². The quantitative estimate of drug-likeness (QED) is 0.774. The fourth-order valence-electron chi connectivity index (χ4n) is 3.15. The van der Waals surface area contributed by atoms with Crippen LogP contribution in [-0.2, 0) is 4.79 Å². The lowest BCUT2D eigenvalue weighted by Gasteiger charge is -2.29. The first-order valence-electron chi connectivity index (χ1n) is 7.46. The third-order valence-electron chi connectivity index (χ3n) is 4.02. The fourth-order valence-corrected chi connectivity index (χ4v) is 3.15. The minimum absolute atomic E-state index is 0.279. The van der Waals surface area contributed by atoms with E-state index in [9.17, 15) is 4.79 Å². The molecule has 0 aliphatic carbocycles. The second-order valence-electron chi connectivity index (χ2n) is 5.84. The molecule has 0 saturated carbocycles. The maximum Gasteiger partial charge on any atom is 0.237 e. The van der Waals surface area contributed by atoms with E-state index >= 15 is 0 Å². The molecule has 2 heterocycles. The molecule has 2 unspecified atom stereocenters. The van der Waals surface area contributed by atoms with Crippen LogP contribution in [0.5, 0.6) is 0 Å². The number of hydrogen-bond donors (Lipinski definition) is 1. The van der Waals surface area contributed by atoms with Crippen LogP contribution in [0.3, 0.4) is 0 Å². The normalized spacial score (nSPS) is 27.1. The second kappa shape index (κ2) is 6.53. The highest BCUT2D eigenvalue weighted by molar-refractivity contribution is 5.80. The molecule has 4 nitrogen and oxygen atoms in total. The van der Waals surface area contributed by atoms with Gasteiger partial charge in [0.1, 0.15) is 0 Å². The Hall–Kier alpha value is -0.610. The van der Waals surface area contributed by atoms with E-state index in [-0.39, 0.29) is 12.1 Å². The van der Waals surface area contributed by atoms with Crippen LogP contribution in [0.15, 0.2) is 0 Å². The molecule has 1 amide bonds. The van der Waals surface area contributed by atoms with Crippen molar-refractivity contribution in [3.05, 3.63) is 0 Å². The topological polar surface area (TPSA) is 35.6 Å². The number of nitrogens with zero attached hydrogens (tertiary/aromatic N) is 2. The molecule has 0 radical (unpaired) electrons. The van der Waals surface area contributed by atoms with Gasteiger partial charge in [0.05, 0.1) is 12.7 Å². The molecule has 4 heteroatoms. The number of rotatable bonds is 6. The lowest BCUT2D eigenvalue weighted by atomic mass is 10.1. The Balaban J connectivity index is 1.80. The number of amides is 1. The monoisotopic (exact) mass is 253 g/mol. The van der Waals surface area contributed by atoms with Gasteiger partial charge in [-0.05, 0) is 38.3 Å². The van der Waals surface area contributed by atoms with Crippen LogP contribution in [0, 0.1) is 5.92 Å². The highest BCUT2D eigenvalue weighted by atomic mass is 16.2. The molecular formula is C14H27N3O. The van der Waals surface area contributed by atoms with Crippen LogP contribution in [0.2, 0.25) is 0 Å². The minimum Gasteiger partial charge on any atom is -0.326 e. The molecule has 104 valence electrons. The van der Waals surface area contributed by atoms with Crippen molar-refractivity contribution in [2.24, 2.45) is 5.92 Å². The van der Waals surface area contributed by atoms with Crippen molar-refractivity contribution in [1.82, 2.24) is 15.1 Å². The SMILES string of the molecule is CCCC1NCC(=O)N1CC(C)CN1CCCC1. The molecule has 2 atom stereocenters. The average molecular weight is 253 g/mol. The molecule has 0 spiro atoms. The van der Waals surface area contributed by atoms with Gasteiger partial charge in [0.25, 0.3) is 0 Å². The van der Waals surface area contributed by atoms with Gasteiger partial charge in [0, 0.05) is 13.1 Å². The summed E-state index contributed by atoms with van der Waals surface area (Å²) in [6.07, 6.45) is 5.16. The predicted octanol–water partition coefficient (Wildman–Crippen LogP) is 1.28. The van der Waals surface area contributed by atoms with Crippen molar-refractivity contribution in [2.75, 3.05) is 32.7 Å². The molecule has 0 aromatic rings. The van der Waals surface area contributed by atoms with E-state index in [4.69, 9.17) is 0 Å². The van der Waals surface area contributed by atoms with Gasteiger partial charge in [-0.15, -0.1) is 0 Å². The van der Waals surface area contributed by atoms with Crippen LogP contribution >= 0.6 is 0 Å². The van der Waals surface area contributed by atoms with E-state index in [1.54, 1.807) is 0 Å². The summed E-state index contributed by atoms with van der Waals surface area (Å²) in [6.45, 7) is 9.52. The van der Waals surface area contributed by atoms with Crippen LogP contribution in [0.25, 0.3) is 0 Å². The Kier molecular flexibility index (Phi) is 5.01. The largest absolute Gasteiger partial charge is 0.326 e. The van der Waals surface area contributed by atoms with E-state index in [1.165, 1.54) is 25.9 Å². The standard InChI is InChI=1S/C14H27N3O/c1-3-6-13-15-9-14(18)17(13)11-12(2)10-16-7-4-5-8-16/h12-13,15H,3-11H2,1-2H3. The Morgan fingerprint density at radius 1 is 1.33 bits per heavy atom. The molecule has 18 heavy (non-hydrogen) atoms. The molecule has 1 N–H and O–H groups in total. The summed E-state index contributed by atoms with van der Waals surface area (Å²) in [4.78, 5) is 16.5. The second-order valence-corrected chi connectivity index (χ2v) is 5.84. The highest BCUT2D eigenvalue weighted by Crippen LogP contribution is 2.15. The number of carbonyl (C=O) groups excluding carboxylic acids is 1. The molecule has 2 aliphatic heterocycles. The number of nitrogens with one attached hydrogen (secondary N) is 1. The Bertz CT molecular complexity index is 276. The van der Waals surface area contributed by atoms with Gasteiger partial charge in [0.15, 0.2) is 0 Å². The Morgan fingerprint density at radius 3 is 2.72 bits per heavy atom. The fraction of sp³-hybridized carbons (Fsp3) is 0.929. The lowest BCUT2D eigenvalue weighted by Crippen LogP contribution is -2.42. The molecule has 2 fully saturated rings. The third-order valence-corrected chi connectivity index (χ3v) is 4.02. The first-order chi connectivity index (χ1) is 8.70. The van der Waals surface area contributed by atoms with Gasteiger partial charge >= 0.3 is 0 Å². The van der Waals surface area contributed by atoms with Crippen molar-refractivity contribution in [1.29, 1.82) is 0 Å². The first kappa shape index (κ1) is 13.8. The molecule has 0 aromatic heterocycles. The van der Waals surface area contributed by atoms with E-state index in [1.807, 2.05) is 0 Å².